The Kier molecular flexibility index (Phi) is 4.84. The van der Waals surface area contributed by atoms with Gasteiger partial charge in [0.15, 0.2) is 0 Å². The van der Waals surface area contributed by atoms with Gasteiger partial charge in [-0.25, -0.2) is 4.98 Å². The van der Waals surface area contributed by atoms with Gasteiger partial charge in [-0.1, -0.05) is 36.4 Å². The number of ether oxygens (including phenoxy) is 1. The van der Waals surface area contributed by atoms with Gasteiger partial charge >= 0.3 is 0 Å². The minimum absolute atomic E-state index is 0.0796. The van der Waals surface area contributed by atoms with Crippen LogP contribution in [0.5, 0.6) is 5.75 Å². The minimum atomic E-state index is -0.270. The van der Waals surface area contributed by atoms with Crippen molar-refractivity contribution in [3.63, 3.8) is 0 Å². The van der Waals surface area contributed by atoms with Crippen molar-refractivity contribution in [3.05, 3.63) is 107 Å². The smallest absolute Gasteiger partial charge is 0.259 e. The van der Waals surface area contributed by atoms with Crippen molar-refractivity contribution < 1.29 is 9.53 Å². The number of aromatic nitrogens is 2. The van der Waals surface area contributed by atoms with E-state index in [-0.39, 0.29) is 18.1 Å². The Hall–Kier alpha value is -3.93. The predicted octanol–water partition coefficient (Wildman–Crippen LogP) is 3.53. The zero-order chi connectivity index (χ0) is 19.3. The van der Waals surface area contributed by atoms with Gasteiger partial charge in [-0.05, 0) is 36.4 Å². The fourth-order valence-electron chi connectivity index (χ4n) is 2.83. The molecule has 6 nitrogen and oxygen atoms in total. The van der Waals surface area contributed by atoms with Crippen LogP contribution in [0.25, 0.3) is 5.65 Å². The van der Waals surface area contributed by atoms with Crippen molar-refractivity contribution in [2.45, 2.75) is 6.61 Å². The maximum absolute atomic E-state index is 12.6. The van der Waals surface area contributed by atoms with Crippen LogP contribution in [0.15, 0.2) is 89.9 Å². The number of nitrogens with one attached hydrogen (secondary N) is 1. The highest BCUT2D eigenvalue weighted by atomic mass is 16.5. The van der Waals surface area contributed by atoms with E-state index in [1.807, 2.05) is 36.4 Å². The van der Waals surface area contributed by atoms with Crippen LogP contribution < -0.4 is 15.6 Å². The summed E-state index contributed by atoms with van der Waals surface area (Å²) in [6, 6.07) is 22.9. The lowest BCUT2D eigenvalue weighted by atomic mass is 10.2. The van der Waals surface area contributed by atoms with Gasteiger partial charge in [-0.3, -0.25) is 14.0 Å². The van der Waals surface area contributed by atoms with Crippen molar-refractivity contribution in [3.8, 4) is 5.75 Å². The van der Waals surface area contributed by atoms with Gasteiger partial charge < -0.3 is 10.1 Å². The summed E-state index contributed by atoms with van der Waals surface area (Å²) in [6.45, 7) is 0.0796. The summed E-state index contributed by atoms with van der Waals surface area (Å²) < 4.78 is 7.28. The molecular weight excluding hydrogens is 354 g/mol. The van der Waals surface area contributed by atoms with Crippen LogP contribution in [0.4, 0.5) is 5.69 Å². The molecule has 6 heteroatoms. The fraction of sp³-hybridized carbons (Fsp3) is 0.0455. The van der Waals surface area contributed by atoms with Gasteiger partial charge in [0.2, 0.25) is 0 Å². The predicted molar refractivity (Wildman–Crippen MR) is 107 cm³/mol. The average molecular weight is 371 g/mol. The van der Waals surface area contributed by atoms with Crippen LogP contribution in [0.2, 0.25) is 0 Å². The van der Waals surface area contributed by atoms with Gasteiger partial charge in [0.05, 0.1) is 11.3 Å². The van der Waals surface area contributed by atoms with Crippen LogP contribution in [-0.4, -0.2) is 15.3 Å². The third kappa shape index (κ3) is 3.76. The first-order valence-electron chi connectivity index (χ1n) is 8.76. The number of para-hydroxylation sites is 2. The number of nitrogens with zero attached hydrogens (tertiary/aromatic N) is 2. The second-order valence-corrected chi connectivity index (χ2v) is 6.12. The number of benzene rings is 2. The van der Waals surface area contributed by atoms with Gasteiger partial charge in [-0.2, -0.15) is 0 Å². The summed E-state index contributed by atoms with van der Waals surface area (Å²) in [5, 5.41) is 2.84. The van der Waals surface area contributed by atoms with E-state index in [1.165, 1.54) is 10.5 Å². The minimum Gasteiger partial charge on any atom is -0.486 e. The molecule has 2 aromatic carbocycles. The summed E-state index contributed by atoms with van der Waals surface area (Å²) in [5.41, 5.74) is 1.97. The van der Waals surface area contributed by atoms with Gasteiger partial charge in [-0.15, -0.1) is 0 Å². The maximum atomic E-state index is 12.6. The number of anilines is 1. The zero-order valence-electron chi connectivity index (χ0n) is 14.9. The van der Waals surface area contributed by atoms with Gasteiger partial charge in [0.25, 0.3) is 11.5 Å². The molecule has 0 fully saturated rings. The SMILES string of the molecule is O=C(Nc1ccccc1)c1ccccc1OCc1cc(=O)n2ccccc2n1. The van der Waals surface area contributed by atoms with Gasteiger partial charge in [0, 0.05) is 18.0 Å². The Morgan fingerprint density at radius 2 is 1.71 bits per heavy atom. The molecule has 0 aliphatic carbocycles. The Labute approximate surface area is 161 Å². The zero-order valence-corrected chi connectivity index (χ0v) is 14.9. The van der Waals surface area contributed by atoms with Crippen LogP contribution in [-0.2, 0) is 6.61 Å². The second-order valence-electron chi connectivity index (χ2n) is 6.12. The van der Waals surface area contributed by atoms with E-state index < -0.39 is 0 Å². The number of rotatable bonds is 5. The van der Waals surface area contributed by atoms with E-state index in [0.717, 1.165) is 0 Å². The number of carbonyl (C=O) groups is 1. The van der Waals surface area contributed by atoms with E-state index in [2.05, 4.69) is 10.3 Å². The lowest BCUT2D eigenvalue weighted by molar-refractivity contribution is 0.102. The summed E-state index contributed by atoms with van der Waals surface area (Å²) in [7, 11) is 0. The molecule has 0 radical (unpaired) electrons. The highest BCUT2D eigenvalue weighted by Crippen LogP contribution is 2.20. The molecule has 0 saturated carbocycles. The first kappa shape index (κ1) is 17.5. The second kappa shape index (κ2) is 7.75. The van der Waals surface area contributed by atoms with Crippen LogP contribution in [0, 0.1) is 0 Å². The Balaban J connectivity index is 1.54. The topological polar surface area (TPSA) is 72.7 Å². The maximum Gasteiger partial charge on any atom is 0.259 e. The largest absolute Gasteiger partial charge is 0.486 e. The Morgan fingerprint density at radius 1 is 0.964 bits per heavy atom. The Bertz CT molecular complexity index is 1190. The number of hydrogen-bond donors (Lipinski definition) is 1. The molecule has 2 aromatic heterocycles. The molecule has 2 heterocycles. The summed E-state index contributed by atoms with van der Waals surface area (Å²) in [6.07, 6.45) is 1.67. The molecule has 0 unspecified atom stereocenters. The van der Waals surface area contributed by atoms with Crippen molar-refractivity contribution in [1.82, 2.24) is 9.38 Å². The summed E-state index contributed by atoms with van der Waals surface area (Å²) in [4.78, 5) is 29.2. The molecule has 1 N–H and O–H groups in total. The number of amides is 1. The molecule has 4 aromatic rings. The fourth-order valence-corrected chi connectivity index (χ4v) is 2.83. The lowest BCUT2D eigenvalue weighted by Crippen LogP contribution is -2.17. The quantitative estimate of drug-likeness (QED) is 0.583. The molecule has 0 spiro atoms. The third-order valence-electron chi connectivity index (χ3n) is 4.16. The lowest BCUT2D eigenvalue weighted by Gasteiger charge is -2.12. The molecule has 0 atom stereocenters. The van der Waals surface area contributed by atoms with E-state index in [9.17, 15) is 9.59 Å². The molecule has 0 aliphatic heterocycles. The normalized spacial score (nSPS) is 10.6. The molecule has 28 heavy (non-hydrogen) atoms. The molecule has 138 valence electrons. The molecule has 4 rings (SSSR count). The standard InChI is InChI=1S/C22H17N3O3/c26-21-14-17(23-20-12-6-7-13-25(20)21)15-28-19-11-5-4-10-18(19)22(27)24-16-8-2-1-3-9-16/h1-14H,15H2,(H,24,27). The van der Waals surface area contributed by atoms with Crippen LogP contribution >= 0.6 is 0 Å². The van der Waals surface area contributed by atoms with Gasteiger partial charge in [0.1, 0.15) is 18.0 Å². The van der Waals surface area contributed by atoms with Crippen molar-refractivity contribution in [1.29, 1.82) is 0 Å². The number of pyridine rings is 1. The first-order chi connectivity index (χ1) is 13.7. The van der Waals surface area contributed by atoms with E-state index in [1.54, 1.807) is 42.6 Å². The average Bonchev–Trinajstić information content (AvgIpc) is 2.73. The number of carbonyl (C=O) groups excluding carboxylic acids is 1. The first-order valence-corrected chi connectivity index (χ1v) is 8.76. The van der Waals surface area contributed by atoms with E-state index in [0.29, 0.717) is 28.3 Å². The highest BCUT2D eigenvalue weighted by Gasteiger charge is 2.13. The summed E-state index contributed by atoms with van der Waals surface area (Å²) in [5.74, 6) is 0.152. The van der Waals surface area contributed by atoms with Crippen molar-refractivity contribution >= 4 is 17.2 Å². The number of hydrogen-bond acceptors (Lipinski definition) is 4. The molecule has 1 amide bonds. The van der Waals surface area contributed by atoms with Crippen LogP contribution in [0.1, 0.15) is 16.1 Å². The Morgan fingerprint density at radius 3 is 2.57 bits per heavy atom. The van der Waals surface area contributed by atoms with Crippen LogP contribution in [0.3, 0.4) is 0 Å². The molecule has 0 bridgehead atoms. The third-order valence-corrected chi connectivity index (χ3v) is 4.16. The molecular formula is C22H17N3O3. The van der Waals surface area contributed by atoms with E-state index in [4.69, 9.17) is 4.74 Å². The highest BCUT2D eigenvalue weighted by molar-refractivity contribution is 6.06. The monoisotopic (exact) mass is 371 g/mol. The van der Waals surface area contributed by atoms with Crippen molar-refractivity contribution in [2.24, 2.45) is 0 Å². The molecule has 0 saturated heterocycles. The van der Waals surface area contributed by atoms with E-state index >= 15 is 0 Å². The summed E-state index contributed by atoms with van der Waals surface area (Å²) >= 11 is 0. The van der Waals surface area contributed by atoms with Crippen molar-refractivity contribution in [2.75, 3.05) is 5.32 Å². The molecule has 0 aliphatic rings. The number of fused-ring (bicyclic) bond motifs is 1.